The van der Waals surface area contributed by atoms with Crippen molar-refractivity contribution in [2.24, 2.45) is 0 Å². The van der Waals surface area contributed by atoms with E-state index in [2.05, 4.69) is 26.0 Å². The molecule has 0 aliphatic carbocycles. The van der Waals surface area contributed by atoms with E-state index in [0.717, 1.165) is 38.5 Å². The van der Waals surface area contributed by atoms with Crippen molar-refractivity contribution < 1.29 is 42.9 Å². The molecule has 0 aliphatic heterocycles. The number of carbonyl (C=O) groups excluding carboxylic acids is 3. The third kappa shape index (κ3) is 57.7. The first-order valence-electron chi connectivity index (χ1n) is 32.3. The predicted molar refractivity (Wildman–Crippen MR) is 311 cm³/mol. The summed E-state index contributed by atoms with van der Waals surface area (Å²) in [6.07, 6.45) is 64.9. The number of nitrogens with zero attached hydrogens (tertiary/aromatic N) is 1. The lowest BCUT2D eigenvalue weighted by Crippen LogP contribution is -2.44. The number of unbranched alkanes of at least 4 members (excludes halogenated alkanes) is 44. The van der Waals surface area contributed by atoms with Gasteiger partial charge in [-0.1, -0.05) is 289 Å². The molecule has 0 fully saturated rings. The fourth-order valence-corrected chi connectivity index (χ4v) is 9.77. The molecule has 0 aromatic carbocycles. The van der Waals surface area contributed by atoms with Gasteiger partial charge in [0.2, 0.25) is 0 Å². The number of ether oxygens (including phenoxy) is 4. The molecule has 0 radical (unpaired) electrons. The highest BCUT2D eigenvalue weighted by atomic mass is 16.7. The monoisotopic (exact) mass is 1050 g/mol. The molecule has 2 atom stereocenters. The van der Waals surface area contributed by atoms with Crippen LogP contribution in [-0.4, -0.2) is 82.3 Å². The number of rotatable bonds is 61. The van der Waals surface area contributed by atoms with Crippen LogP contribution >= 0.6 is 0 Å². The molecule has 0 amide bonds. The summed E-state index contributed by atoms with van der Waals surface area (Å²) >= 11 is 0. The second kappa shape index (κ2) is 57.2. The van der Waals surface area contributed by atoms with Gasteiger partial charge in [0, 0.05) is 12.8 Å². The van der Waals surface area contributed by atoms with Crippen LogP contribution in [0.25, 0.3) is 0 Å². The first-order chi connectivity index (χ1) is 36.1. The van der Waals surface area contributed by atoms with Gasteiger partial charge in [-0.3, -0.25) is 9.59 Å². The highest BCUT2D eigenvalue weighted by molar-refractivity contribution is 5.70. The largest absolute Gasteiger partial charge is 0.545 e. The molecule has 0 rings (SSSR count). The Labute approximate surface area is 459 Å². The number of likely N-dealkylation sites (N-methyl/N-ethyl adjacent to an activating group) is 1. The normalized spacial score (nSPS) is 12.7. The van der Waals surface area contributed by atoms with Gasteiger partial charge in [-0.2, -0.15) is 0 Å². The van der Waals surface area contributed by atoms with Crippen molar-refractivity contribution in [3.8, 4) is 0 Å². The molecule has 0 saturated heterocycles. The Balaban J connectivity index is 3.77. The van der Waals surface area contributed by atoms with E-state index in [1.54, 1.807) is 0 Å². The molecule has 0 saturated carbocycles. The summed E-state index contributed by atoms with van der Waals surface area (Å²) in [6, 6.07) is 0. The zero-order valence-corrected chi connectivity index (χ0v) is 50.0. The highest BCUT2D eigenvalue weighted by Crippen LogP contribution is 2.18. The van der Waals surface area contributed by atoms with E-state index in [1.165, 1.54) is 263 Å². The van der Waals surface area contributed by atoms with Gasteiger partial charge in [-0.15, -0.1) is 0 Å². The molecule has 0 bridgehead atoms. The molecule has 0 aliphatic rings. The van der Waals surface area contributed by atoms with Crippen LogP contribution in [0.15, 0.2) is 12.2 Å². The van der Waals surface area contributed by atoms with Gasteiger partial charge in [0.05, 0.1) is 40.3 Å². The van der Waals surface area contributed by atoms with Crippen molar-refractivity contribution in [2.75, 3.05) is 47.5 Å². The highest BCUT2D eigenvalue weighted by Gasteiger charge is 2.22. The Bertz CT molecular complexity index is 1220. The zero-order chi connectivity index (χ0) is 54.1. The maximum absolute atomic E-state index is 12.8. The average molecular weight is 1050 g/mol. The van der Waals surface area contributed by atoms with Crippen LogP contribution in [-0.2, 0) is 33.3 Å². The van der Waals surface area contributed by atoms with Crippen molar-refractivity contribution in [3.63, 3.8) is 0 Å². The first-order valence-corrected chi connectivity index (χ1v) is 32.3. The van der Waals surface area contributed by atoms with Gasteiger partial charge in [0.25, 0.3) is 0 Å². The molecule has 2 unspecified atom stereocenters. The van der Waals surface area contributed by atoms with Crippen LogP contribution in [0.1, 0.15) is 328 Å². The quantitative estimate of drug-likeness (QED) is 0.0195. The first kappa shape index (κ1) is 72.0. The fourth-order valence-electron chi connectivity index (χ4n) is 9.77. The van der Waals surface area contributed by atoms with E-state index >= 15 is 0 Å². The SMILES string of the molecule is CCCCCCCCCC/C=C\CCCCCCCCCCCCCCCCCCCCCCCCCCCCCCCC(=O)OC(COC(=O)CCCCCCCCCC)COC(OCC[N+](C)(C)C)C(=O)[O-]. The molecule has 9 heteroatoms. The van der Waals surface area contributed by atoms with Crippen molar-refractivity contribution in [1.29, 1.82) is 0 Å². The third-order valence-electron chi connectivity index (χ3n) is 14.8. The number of hydrogen-bond acceptors (Lipinski definition) is 8. The lowest BCUT2D eigenvalue weighted by atomic mass is 10.0. The Morgan fingerprint density at radius 2 is 0.689 bits per heavy atom. The maximum Gasteiger partial charge on any atom is 0.306 e. The average Bonchev–Trinajstić information content (AvgIpc) is 3.37. The molecule has 0 spiro atoms. The minimum atomic E-state index is -1.61. The fraction of sp³-hybridized carbons (Fsp3) is 0.923. The lowest BCUT2D eigenvalue weighted by Gasteiger charge is -2.26. The number of carbonyl (C=O) groups is 3. The van der Waals surface area contributed by atoms with Crippen molar-refractivity contribution >= 4 is 17.9 Å². The Morgan fingerprint density at radius 3 is 1.00 bits per heavy atom. The standard InChI is InChI=1S/C65H125NO8/c1-6-8-10-12-14-16-17-18-19-20-21-22-23-24-25-26-27-28-29-30-31-32-33-34-35-36-37-38-39-40-41-42-43-44-45-46-47-48-50-52-54-56-63(68)74-61(60-73-65(64(69)70)71-58-57-66(3,4)5)59-72-62(67)55-53-51-49-15-13-11-9-7-2/h20-21,61,65H,6-19,22-60H2,1-5H3/b21-20-. The number of carboxylic acid groups (broad SMARTS) is 1. The Hall–Kier alpha value is -1.97. The van der Waals surface area contributed by atoms with Crippen LogP contribution in [0.3, 0.4) is 0 Å². The van der Waals surface area contributed by atoms with Crippen molar-refractivity contribution in [1.82, 2.24) is 0 Å². The van der Waals surface area contributed by atoms with Crippen LogP contribution in [0.2, 0.25) is 0 Å². The summed E-state index contributed by atoms with van der Waals surface area (Å²) in [6.45, 7) is 4.75. The number of carboxylic acids is 1. The summed E-state index contributed by atoms with van der Waals surface area (Å²) in [5, 5.41) is 11.7. The van der Waals surface area contributed by atoms with E-state index in [-0.39, 0.29) is 32.2 Å². The molecule has 9 nitrogen and oxygen atoms in total. The van der Waals surface area contributed by atoms with Crippen LogP contribution in [0.5, 0.6) is 0 Å². The van der Waals surface area contributed by atoms with Gasteiger partial charge in [-0.05, 0) is 38.5 Å². The number of esters is 2. The van der Waals surface area contributed by atoms with Crippen molar-refractivity contribution in [3.05, 3.63) is 12.2 Å². The minimum Gasteiger partial charge on any atom is -0.545 e. The minimum absolute atomic E-state index is 0.152. The number of quaternary nitrogens is 1. The van der Waals surface area contributed by atoms with Crippen LogP contribution in [0, 0.1) is 0 Å². The maximum atomic E-state index is 12.8. The zero-order valence-electron chi connectivity index (χ0n) is 50.0. The number of aliphatic carboxylic acids is 1. The molecular formula is C65H125NO8. The van der Waals surface area contributed by atoms with E-state index in [9.17, 15) is 19.5 Å². The Kier molecular flexibility index (Phi) is 55.7. The smallest absolute Gasteiger partial charge is 0.306 e. The summed E-state index contributed by atoms with van der Waals surface area (Å²) in [5.41, 5.74) is 0. The summed E-state index contributed by atoms with van der Waals surface area (Å²) < 4.78 is 22.6. The van der Waals surface area contributed by atoms with Crippen LogP contribution in [0.4, 0.5) is 0 Å². The molecule has 438 valence electrons. The van der Waals surface area contributed by atoms with E-state index in [0.29, 0.717) is 17.4 Å². The number of hydrogen-bond donors (Lipinski definition) is 0. The topological polar surface area (TPSA) is 111 Å². The Morgan fingerprint density at radius 1 is 0.392 bits per heavy atom. The van der Waals surface area contributed by atoms with E-state index in [1.807, 2.05) is 21.1 Å². The molecule has 74 heavy (non-hydrogen) atoms. The molecule has 0 heterocycles. The molecule has 0 aromatic rings. The van der Waals surface area contributed by atoms with Gasteiger partial charge < -0.3 is 33.3 Å². The summed E-state index contributed by atoms with van der Waals surface area (Å²) in [4.78, 5) is 37.0. The van der Waals surface area contributed by atoms with Gasteiger partial charge in [-0.25, -0.2) is 0 Å². The molecule has 0 aromatic heterocycles. The second-order valence-corrected chi connectivity index (χ2v) is 23.4. The number of allylic oxidation sites excluding steroid dienone is 2. The van der Waals surface area contributed by atoms with Crippen LogP contribution < -0.4 is 5.11 Å². The summed E-state index contributed by atoms with van der Waals surface area (Å²) in [7, 11) is 5.92. The second-order valence-electron chi connectivity index (χ2n) is 23.4. The van der Waals surface area contributed by atoms with E-state index < -0.39 is 24.3 Å². The van der Waals surface area contributed by atoms with Gasteiger partial charge in [0.15, 0.2) is 12.4 Å². The van der Waals surface area contributed by atoms with Gasteiger partial charge in [0.1, 0.15) is 13.2 Å². The summed E-state index contributed by atoms with van der Waals surface area (Å²) in [5.74, 6) is -2.27. The van der Waals surface area contributed by atoms with Gasteiger partial charge >= 0.3 is 11.9 Å². The lowest BCUT2D eigenvalue weighted by molar-refractivity contribution is -0.870. The van der Waals surface area contributed by atoms with E-state index in [4.69, 9.17) is 18.9 Å². The van der Waals surface area contributed by atoms with Crippen molar-refractivity contribution in [2.45, 2.75) is 341 Å². The molecular weight excluding hydrogens is 923 g/mol. The molecule has 0 N–H and O–H groups in total. The predicted octanol–water partition coefficient (Wildman–Crippen LogP) is 18.0. The third-order valence-corrected chi connectivity index (χ3v) is 14.8.